The number of thiophene rings is 1. The first-order valence-electron chi connectivity index (χ1n) is 7.40. The Hall–Kier alpha value is -2.14. The lowest BCUT2D eigenvalue weighted by Crippen LogP contribution is -2.28. The lowest BCUT2D eigenvalue weighted by molar-refractivity contribution is -0.128. The zero-order valence-corrected chi connectivity index (χ0v) is 13.2. The normalized spacial score (nSPS) is 17.8. The van der Waals surface area contributed by atoms with Crippen LogP contribution < -0.4 is 5.32 Å². The monoisotopic (exact) mass is 314 g/mol. The molecule has 0 unspecified atom stereocenters. The molecule has 1 fully saturated rings. The molecule has 0 radical (unpaired) electrons. The fourth-order valence-corrected chi connectivity index (χ4v) is 3.49. The highest BCUT2D eigenvalue weighted by molar-refractivity contribution is 7.13. The van der Waals surface area contributed by atoms with Crippen LogP contribution in [0, 0.1) is 5.92 Å². The first-order chi connectivity index (χ1) is 10.7. The molecule has 3 rings (SSSR count). The summed E-state index contributed by atoms with van der Waals surface area (Å²) in [6.07, 6.45) is 0.306. The Bertz CT molecular complexity index is 682. The first kappa shape index (κ1) is 14.8. The zero-order chi connectivity index (χ0) is 15.5. The van der Waals surface area contributed by atoms with Gasteiger partial charge in [0.05, 0.1) is 5.92 Å². The van der Waals surface area contributed by atoms with Crippen LogP contribution in [0.15, 0.2) is 41.8 Å². The molecule has 114 valence electrons. The number of nitrogens with one attached hydrogen (secondary N) is 1. The van der Waals surface area contributed by atoms with Crippen molar-refractivity contribution in [2.75, 3.05) is 18.4 Å². The number of anilines is 1. The maximum Gasteiger partial charge on any atom is 0.229 e. The number of rotatable bonds is 4. The summed E-state index contributed by atoms with van der Waals surface area (Å²) < 4.78 is 0. The number of hydrogen-bond acceptors (Lipinski definition) is 3. The van der Waals surface area contributed by atoms with E-state index in [0.29, 0.717) is 19.5 Å². The van der Waals surface area contributed by atoms with E-state index in [2.05, 4.69) is 5.32 Å². The summed E-state index contributed by atoms with van der Waals surface area (Å²) in [7, 11) is 0. The Morgan fingerprint density at radius 2 is 2.14 bits per heavy atom. The number of amides is 2. The van der Waals surface area contributed by atoms with E-state index in [1.165, 1.54) is 0 Å². The number of nitrogens with zero attached hydrogens (tertiary/aromatic N) is 1. The second kappa shape index (κ2) is 6.32. The largest absolute Gasteiger partial charge is 0.342 e. The summed E-state index contributed by atoms with van der Waals surface area (Å²) in [4.78, 5) is 27.1. The Morgan fingerprint density at radius 1 is 1.32 bits per heavy atom. The van der Waals surface area contributed by atoms with Gasteiger partial charge in [-0.1, -0.05) is 24.3 Å². The van der Waals surface area contributed by atoms with Gasteiger partial charge < -0.3 is 10.2 Å². The van der Waals surface area contributed by atoms with Gasteiger partial charge in [0.2, 0.25) is 11.8 Å². The standard InChI is InChI=1S/C17H18N2O2S/c1-2-19-11-12(10-16(19)20)17(21)18-14-7-4-3-6-13(14)15-8-5-9-22-15/h3-9,12H,2,10-11H2,1H3,(H,18,21)/t12-/m1/s1. The Balaban J connectivity index is 1.77. The molecule has 5 heteroatoms. The van der Waals surface area contributed by atoms with Crippen molar-refractivity contribution in [3.8, 4) is 10.4 Å². The molecule has 22 heavy (non-hydrogen) atoms. The van der Waals surface area contributed by atoms with Gasteiger partial charge in [0.1, 0.15) is 0 Å². The molecule has 1 N–H and O–H groups in total. The zero-order valence-electron chi connectivity index (χ0n) is 12.4. The van der Waals surface area contributed by atoms with Crippen molar-refractivity contribution in [2.45, 2.75) is 13.3 Å². The quantitative estimate of drug-likeness (QED) is 0.942. The van der Waals surface area contributed by atoms with Crippen molar-refractivity contribution < 1.29 is 9.59 Å². The fourth-order valence-electron chi connectivity index (χ4n) is 2.73. The van der Waals surface area contributed by atoms with Crippen LogP contribution in [0.3, 0.4) is 0 Å². The Morgan fingerprint density at radius 3 is 2.82 bits per heavy atom. The van der Waals surface area contributed by atoms with E-state index in [1.54, 1.807) is 16.2 Å². The SMILES string of the molecule is CCN1C[C@H](C(=O)Nc2ccccc2-c2cccs2)CC1=O. The van der Waals surface area contributed by atoms with Gasteiger partial charge in [0.25, 0.3) is 0 Å². The molecule has 2 aromatic rings. The van der Waals surface area contributed by atoms with Crippen LogP contribution in [-0.4, -0.2) is 29.8 Å². The van der Waals surface area contributed by atoms with Crippen molar-refractivity contribution in [2.24, 2.45) is 5.92 Å². The third-order valence-corrected chi connectivity index (χ3v) is 4.84. The minimum Gasteiger partial charge on any atom is -0.342 e. The molecule has 1 atom stereocenters. The maximum absolute atomic E-state index is 12.5. The summed E-state index contributed by atoms with van der Waals surface area (Å²) in [5.41, 5.74) is 1.82. The number of benzene rings is 1. The minimum absolute atomic E-state index is 0.0641. The average molecular weight is 314 g/mol. The van der Waals surface area contributed by atoms with E-state index in [0.717, 1.165) is 16.1 Å². The van der Waals surface area contributed by atoms with E-state index in [9.17, 15) is 9.59 Å². The predicted octanol–water partition coefficient (Wildman–Crippen LogP) is 3.22. The first-order valence-corrected chi connectivity index (χ1v) is 8.28. The van der Waals surface area contributed by atoms with Crippen LogP contribution in [0.2, 0.25) is 0 Å². The number of para-hydroxylation sites is 1. The summed E-state index contributed by atoms with van der Waals surface area (Å²) >= 11 is 1.64. The predicted molar refractivity (Wildman–Crippen MR) is 88.7 cm³/mol. The van der Waals surface area contributed by atoms with Crippen molar-refractivity contribution >= 4 is 28.8 Å². The molecular formula is C17H18N2O2S. The Labute approximate surface area is 133 Å². The molecule has 0 spiro atoms. The van der Waals surface area contributed by atoms with Crippen molar-refractivity contribution in [3.05, 3.63) is 41.8 Å². The van der Waals surface area contributed by atoms with E-state index in [1.807, 2.05) is 48.7 Å². The average Bonchev–Trinajstić information content (AvgIpc) is 3.17. The van der Waals surface area contributed by atoms with Gasteiger partial charge in [-0.25, -0.2) is 0 Å². The summed E-state index contributed by atoms with van der Waals surface area (Å²) in [5, 5.41) is 5.01. The second-order valence-corrected chi connectivity index (χ2v) is 6.29. The van der Waals surface area contributed by atoms with E-state index in [4.69, 9.17) is 0 Å². The van der Waals surface area contributed by atoms with Crippen LogP contribution in [0.25, 0.3) is 10.4 Å². The third-order valence-electron chi connectivity index (χ3n) is 3.94. The number of likely N-dealkylation sites (tertiary alicyclic amines) is 1. The molecule has 1 aromatic carbocycles. The van der Waals surface area contributed by atoms with Crippen molar-refractivity contribution in [1.82, 2.24) is 4.90 Å². The van der Waals surface area contributed by atoms with Gasteiger partial charge in [-0.05, 0) is 24.4 Å². The molecule has 1 aliphatic rings. The van der Waals surface area contributed by atoms with Crippen LogP contribution in [-0.2, 0) is 9.59 Å². The fraction of sp³-hybridized carbons (Fsp3) is 0.294. The molecule has 2 amide bonds. The highest BCUT2D eigenvalue weighted by Crippen LogP contribution is 2.32. The molecule has 0 saturated carbocycles. The molecule has 0 aliphatic carbocycles. The maximum atomic E-state index is 12.5. The molecule has 1 saturated heterocycles. The van der Waals surface area contributed by atoms with Crippen molar-refractivity contribution in [3.63, 3.8) is 0 Å². The molecular weight excluding hydrogens is 296 g/mol. The van der Waals surface area contributed by atoms with Gasteiger partial charge in [-0.2, -0.15) is 0 Å². The summed E-state index contributed by atoms with van der Waals surface area (Å²) in [6, 6.07) is 11.8. The van der Waals surface area contributed by atoms with Gasteiger partial charge in [-0.3, -0.25) is 9.59 Å². The summed E-state index contributed by atoms with van der Waals surface area (Å²) in [6.45, 7) is 3.11. The molecule has 0 bridgehead atoms. The smallest absolute Gasteiger partial charge is 0.229 e. The minimum atomic E-state index is -0.260. The van der Waals surface area contributed by atoms with E-state index in [-0.39, 0.29) is 17.7 Å². The van der Waals surface area contributed by atoms with Gasteiger partial charge >= 0.3 is 0 Å². The molecule has 1 aromatic heterocycles. The van der Waals surface area contributed by atoms with Gasteiger partial charge in [-0.15, -0.1) is 11.3 Å². The van der Waals surface area contributed by atoms with Gasteiger partial charge in [0, 0.05) is 35.6 Å². The summed E-state index contributed by atoms with van der Waals surface area (Å²) in [5.74, 6) is -0.272. The molecule has 4 nitrogen and oxygen atoms in total. The highest BCUT2D eigenvalue weighted by atomic mass is 32.1. The lowest BCUT2D eigenvalue weighted by atomic mass is 10.1. The number of hydrogen-bond donors (Lipinski definition) is 1. The van der Waals surface area contributed by atoms with Crippen molar-refractivity contribution in [1.29, 1.82) is 0 Å². The third kappa shape index (κ3) is 2.90. The van der Waals surface area contributed by atoms with Crippen LogP contribution >= 0.6 is 11.3 Å². The highest BCUT2D eigenvalue weighted by Gasteiger charge is 2.33. The molecule has 2 heterocycles. The van der Waals surface area contributed by atoms with E-state index >= 15 is 0 Å². The van der Waals surface area contributed by atoms with Crippen LogP contribution in [0.1, 0.15) is 13.3 Å². The van der Waals surface area contributed by atoms with E-state index < -0.39 is 0 Å². The number of carbonyl (C=O) groups excluding carboxylic acids is 2. The second-order valence-electron chi connectivity index (χ2n) is 5.35. The lowest BCUT2D eigenvalue weighted by Gasteiger charge is -2.15. The van der Waals surface area contributed by atoms with Gasteiger partial charge in [0.15, 0.2) is 0 Å². The number of carbonyl (C=O) groups is 2. The topological polar surface area (TPSA) is 49.4 Å². The van der Waals surface area contributed by atoms with Crippen LogP contribution in [0.5, 0.6) is 0 Å². The molecule has 1 aliphatic heterocycles. The Kier molecular flexibility index (Phi) is 4.24. The van der Waals surface area contributed by atoms with Crippen LogP contribution in [0.4, 0.5) is 5.69 Å².